The first-order valence-electron chi connectivity index (χ1n) is 14.2. The van der Waals surface area contributed by atoms with Crippen molar-refractivity contribution in [2.75, 3.05) is 5.32 Å². The Hall–Kier alpha value is -5.58. The second kappa shape index (κ2) is 10.8. The first-order valence-corrected chi connectivity index (χ1v) is 15.7. The maximum Gasteiger partial charge on any atom is 0.294 e. The number of hydrogen-bond acceptors (Lipinski definition) is 6. The molecule has 3 N–H and O–H groups in total. The summed E-state index contributed by atoms with van der Waals surface area (Å²) in [5.74, 6) is -0.800. The van der Waals surface area contributed by atoms with Crippen LogP contribution in [-0.2, 0) is 16.7 Å². The van der Waals surface area contributed by atoms with E-state index in [2.05, 4.69) is 39.2 Å². The van der Waals surface area contributed by atoms with Crippen molar-refractivity contribution in [3.05, 3.63) is 115 Å². The maximum atomic E-state index is 13.6. The van der Waals surface area contributed by atoms with E-state index < -0.39 is 16.0 Å². The predicted octanol–water partition coefficient (Wildman–Crippen LogP) is 8.74. The Balaban J connectivity index is 1.25. The molecule has 0 saturated carbocycles. The molecule has 6 aromatic carbocycles. The fraction of sp³-hybridized carbons (Fsp3) is 0.0571. The molecule has 0 aliphatic rings. The Labute approximate surface area is 257 Å². The van der Waals surface area contributed by atoms with Gasteiger partial charge in [0.15, 0.2) is 5.75 Å². The topological polar surface area (TPSA) is 133 Å². The third-order valence-corrected chi connectivity index (χ3v) is 8.79. The molecule has 0 fully saturated rings. The number of azo groups is 1. The Bertz CT molecular complexity index is 2470. The van der Waals surface area contributed by atoms with Crippen molar-refractivity contribution in [1.29, 1.82) is 0 Å². The highest BCUT2D eigenvalue weighted by molar-refractivity contribution is 7.85. The van der Waals surface area contributed by atoms with Crippen molar-refractivity contribution in [2.45, 2.75) is 18.4 Å². The second-order valence-corrected chi connectivity index (χ2v) is 12.1. The summed E-state index contributed by atoms with van der Waals surface area (Å²) in [6, 6.07) is 32.1. The van der Waals surface area contributed by atoms with Gasteiger partial charge in [0.1, 0.15) is 5.69 Å². The number of amides is 1. The highest BCUT2D eigenvalue weighted by Gasteiger charge is 2.19. The summed E-state index contributed by atoms with van der Waals surface area (Å²) < 4.78 is 34.6. The van der Waals surface area contributed by atoms with Crippen LogP contribution in [0, 0.1) is 0 Å². The molecule has 222 valence electrons. The van der Waals surface area contributed by atoms with Gasteiger partial charge < -0.3 is 15.0 Å². The Kier molecular flexibility index (Phi) is 6.80. The van der Waals surface area contributed by atoms with E-state index in [1.54, 1.807) is 36.4 Å². The molecular formula is C35H26N4O5S. The number of para-hydroxylation sites is 1. The smallest absolute Gasteiger partial charge is 0.294 e. The van der Waals surface area contributed by atoms with Gasteiger partial charge in [-0.2, -0.15) is 13.5 Å². The number of hydrogen-bond donors (Lipinski definition) is 3. The monoisotopic (exact) mass is 614 g/mol. The first-order chi connectivity index (χ1) is 21.7. The lowest BCUT2D eigenvalue weighted by molar-refractivity contribution is 0.102. The molecule has 0 saturated heterocycles. The quantitative estimate of drug-likeness (QED) is 0.127. The summed E-state index contributed by atoms with van der Waals surface area (Å²) in [5, 5.41) is 27.7. The van der Waals surface area contributed by atoms with Crippen LogP contribution in [0.2, 0.25) is 0 Å². The number of phenolic OH excluding ortho intramolecular Hbond substituents is 1. The van der Waals surface area contributed by atoms with Crippen molar-refractivity contribution in [3.8, 4) is 5.75 Å². The summed E-state index contributed by atoms with van der Waals surface area (Å²) in [6.45, 7) is 2.91. The fourth-order valence-electron chi connectivity index (χ4n) is 5.80. The van der Waals surface area contributed by atoms with E-state index in [-0.39, 0.29) is 21.9 Å². The van der Waals surface area contributed by atoms with Crippen LogP contribution in [-0.4, -0.2) is 28.6 Å². The molecule has 0 aliphatic heterocycles. The summed E-state index contributed by atoms with van der Waals surface area (Å²) in [4.78, 5) is 13.4. The van der Waals surface area contributed by atoms with E-state index >= 15 is 0 Å². The van der Waals surface area contributed by atoms with Gasteiger partial charge in [0.25, 0.3) is 16.0 Å². The fourth-order valence-corrected chi connectivity index (χ4v) is 6.32. The third-order valence-electron chi connectivity index (χ3n) is 7.94. The predicted molar refractivity (Wildman–Crippen MR) is 177 cm³/mol. The minimum absolute atomic E-state index is 0.0509. The standard InChI is InChI=1S/C35H26N4O5S/c1-2-39-31-10-6-5-9-28(31)29-20-24(14-16-32(29)39)36-35(41)30-19-23-7-3-4-8-27(23)33(34(30)40)38-37-25-13-11-22-18-26(45(42,43)44)15-12-21(22)17-25/h3-20,40H,2H2,1H3,(H,36,41)(H,42,43,44). The van der Waals surface area contributed by atoms with Crippen molar-refractivity contribution in [1.82, 2.24) is 4.57 Å². The summed E-state index contributed by atoms with van der Waals surface area (Å²) >= 11 is 0. The number of aromatic nitrogens is 1. The number of benzene rings is 6. The number of aryl methyl sites for hydroxylation is 1. The highest BCUT2D eigenvalue weighted by Crippen LogP contribution is 2.40. The van der Waals surface area contributed by atoms with Crippen LogP contribution in [0.3, 0.4) is 0 Å². The largest absolute Gasteiger partial charge is 0.505 e. The minimum atomic E-state index is -4.33. The number of fused-ring (bicyclic) bond motifs is 5. The Morgan fingerprint density at radius 3 is 2.27 bits per heavy atom. The van der Waals surface area contributed by atoms with Gasteiger partial charge >= 0.3 is 0 Å². The molecule has 0 aliphatic carbocycles. The lowest BCUT2D eigenvalue weighted by atomic mass is 10.0. The average Bonchev–Trinajstić information content (AvgIpc) is 3.36. The Morgan fingerprint density at radius 1 is 0.756 bits per heavy atom. The van der Waals surface area contributed by atoms with Gasteiger partial charge in [0, 0.05) is 39.4 Å². The maximum absolute atomic E-state index is 13.6. The van der Waals surface area contributed by atoms with Crippen molar-refractivity contribution < 1.29 is 22.9 Å². The van der Waals surface area contributed by atoms with Crippen LogP contribution in [0.25, 0.3) is 43.4 Å². The molecule has 0 unspecified atom stereocenters. The van der Waals surface area contributed by atoms with E-state index in [9.17, 15) is 22.9 Å². The number of carbonyl (C=O) groups excluding carboxylic acids is 1. The molecule has 7 aromatic rings. The van der Waals surface area contributed by atoms with Gasteiger partial charge in [-0.1, -0.05) is 54.6 Å². The average molecular weight is 615 g/mol. The third kappa shape index (κ3) is 5.05. The van der Waals surface area contributed by atoms with Crippen LogP contribution in [0.5, 0.6) is 5.75 Å². The van der Waals surface area contributed by atoms with E-state index in [4.69, 9.17) is 0 Å². The zero-order chi connectivity index (χ0) is 31.3. The molecule has 1 heterocycles. The van der Waals surface area contributed by atoms with Gasteiger partial charge in [0.2, 0.25) is 0 Å². The minimum Gasteiger partial charge on any atom is -0.505 e. The van der Waals surface area contributed by atoms with Crippen LogP contribution < -0.4 is 5.32 Å². The summed E-state index contributed by atoms with van der Waals surface area (Å²) in [5.41, 5.74) is 3.42. The van der Waals surface area contributed by atoms with Crippen LogP contribution in [0.15, 0.2) is 124 Å². The van der Waals surface area contributed by atoms with Crippen molar-refractivity contribution in [3.63, 3.8) is 0 Å². The van der Waals surface area contributed by atoms with E-state index in [0.717, 1.165) is 28.4 Å². The van der Waals surface area contributed by atoms with E-state index in [0.29, 0.717) is 32.9 Å². The van der Waals surface area contributed by atoms with Gasteiger partial charge in [0.05, 0.1) is 16.1 Å². The van der Waals surface area contributed by atoms with Crippen LogP contribution in [0.1, 0.15) is 17.3 Å². The molecule has 7 rings (SSSR count). The lowest BCUT2D eigenvalue weighted by Crippen LogP contribution is -2.12. The molecule has 0 radical (unpaired) electrons. The second-order valence-electron chi connectivity index (χ2n) is 10.7. The normalized spacial score (nSPS) is 12.1. The first kappa shape index (κ1) is 28.2. The van der Waals surface area contributed by atoms with Crippen molar-refractivity contribution >= 4 is 76.4 Å². The SMILES string of the molecule is CCn1c2ccccc2c2cc(NC(=O)c3cc4ccccc4c(N=Nc4ccc5cc(S(=O)(=O)O)ccc5c4)c3O)ccc21. The molecule has 1 aromatic heterocycles. The molecule has 9 nitrogen and oxygen atoms in total. The number of anilines is 1. The Morgan fingerprint density at radius 2 is 1.47 bits per heavy atom. The number of carbonyl (C=O) groups is 1. The van der Waals surface area contributed by atoms with Gasteiger partial charge in [-0.15, -0.1) is 5.11 Å². The van der Waals surface area contributed by atoms with Gasteiger partial charge in [-0.05, 0) is 77.7 Å². The number of rotatable bonds is 6. The van der Waals surface area contributed by atoms with Crippen LogP contribution >= 0.6 is 0 Å². The number of phenols is 1. The zero-order valence-electron chi connectivity index (χ0n) is 24.0. The van der Waals surface area contributed by atoms with Gasteiger partial charge in [-0.3, -0.25) is 9.35 Å². The molecule has 45 heavy (non-hydrogen) atoms. The molecule has 0 bridgehead atoms. The summed E-state index contributed by atoms with van der Waals surface area (Å²) in [7, 11) is -4.33. The molecule has 0 spiro atoms. The number of aromatic hydroxyl groups is 1. The number of nitrogens with zero attached hydrogens (tertiary/aromatic N) is 3. The zero-order valence-corrected chi connectivity index (χ0v) is 24.8. The van der Waals surface area contributed by atoms with E-state index in [1.165, 1.54) is 12.1 Å². The molecule has 10 heteroatoms. The summed E-state index contributed by atoms with van der Waals surface area (Å²) in [6.07, 6.45) is 0. The van der Waals surface area contributed by atoms with E-state index in [1.807, 2.05) is 48.5 Å². The molecular weight excluding hydrogens is 588 g/mol. The van der Waals surface area contributed by atoms with Gasteiger partial charge in [-0.25, -0.2) is 0 Å². The van der Waals surface area contributed by atoms with Crippen LogP contribution in [0.4, 0.5) is 17.1 Å². The number of nitrogens with one attached hydrogen (secondary N) is 1. The highest BCUT2D eigenvalue weighted by atomic mass is 32.2. The van der Waals surface area contributed by atoms with Crippen molar-refractivity contribution in [2.24, 2.45) is 10.2 Å². The molecule has 1 amide bonds. The lowest BCUT2D eigenvalue weighted by Gasteiger charge is -2.11. The molecule has 0 atom stereocenters.